The number of benzene rings is 3. The van der Waals surface area contributed by atoms with Gasteiger partial charge in [-0.2, -0.15) is 0 Å². The quantitative estimate of drug-likeness (QED) is 0.144. The molecule has 0 aliphatic carbocycles. The summed E-state index contributed by atoms with van der Waals surface area (Å²) in [4.78, 5) is 22.5. The van der Waals surface area contributed by atoms with Crippen molar-refractivity contribution in [1.82, 2.24) is 5.32 Å². The Bertz CT molecular complexity index is 1190. The van der Waals surface area contributed by atoms with Crippen molar-refractivity contribution in [3.8, 4) is 5.75 Å². The minimum absolute atomic E-state index is 0.0482. The Balaban J connectivity index is 0.000000558. The summed E-state index contributed by atoms with van der Waals surface area (Å²) in [6.45, 7) is 2.00. The van der Waals surface area contributed by atoms with Crippen LogP contribution in [-0.2, 0) is 4.79 Å². The van der Waals surface area contributed by atoms with Crippen LogP contribution in [-0.4, -0.2) is 34.3 Å². The number of aromatic hydroxyl groups is 1. The Kier molecular flexibility index (Phi) is 10.9. The summed E-state index contributed by atoms with van der Waals surface area (Å²) < 4.78 is 13.7. The minimum atomic E-state index is -0.985. The Hall–Kier alpha value is -3.91. The number of carbonyl (C=O) groups is 2. The van der Waals surface area contributed by atoms with Crippen LogP contribution >= 0.6 is 11.6 Å². The minimum Gasteiger partial charge on any atom is -0.508 e. The van der Waals surface area contributed by atoms with Crippen molar-refractivity contribution in [3.63, 3.8) is 0 Å². The number of phenolic OH excluding ortho intramolecular Hbond substituents is 1. The van der Waals surface area contributed by atoms with Crippen LogP contribution in [0.15, 0.2) is 66.7 Å². The van der Waals surface area contributed by atoms with E-state index in [-0.39, 0.29) is 53.9 Å². The topological polar surface area (TPSA) is 136 Å². The van der Waals surface area contributed by atoms with E-state index in [2.05, 4.69) is 5.32 Å². The molecule has 6 N–H and O–H groups in total. The van der Waals surface area contributed by atoms with Gasteiger partial charge < -0.3 is 26.7 Å². The molecular weight excluding hydrogens is 485 g/mol. The molecule has 0 saturated heterocycles. The molecule has 0 radical (unpaired) electrons. The number of rotatable bonds is 9. The molecule has 190 valence electrons. The first-order valence-electron chi connectivity index (χ1n) is 11.3. The predicted molar refractivity (Wildman–Crippen MR) is 139 cm³/mol. The van der Waals surface area contributed by atoms with Crippen LogP contribution in [0.3, 0.4) is 0 Å². The van der Waals surface area contributed by atoms with Gasteiger partial charge in [-0.3, -0.25) is 9.59 Å². The largest absolute Gasteiger partial charge is 0.508 e. The Morgan fingerprint density at radius 3 is 2.28 bits per heavy atom. The average molecular weight is 514 g/mol. The van der Waals surface area contributed by atoms with Crippen molar-refractivity contribution >= 4 is 34.9 Å². The molecule has 3 aromatic carbocycles. The number of nitrogens with two attached hydrogens (primary N) is 1. The fraction of sp³-hybridized carbons (Fsp3) is 0.222. The van der Waals surface area contributed by atoms with E-state index < -0.39 is 11.8 Å². The Labute approximate surface area is 214 Å². The summed E-state index contributed by atoms with van der Waals surface area (Å²) >= 11 is 5.54. The van der Waals surface area contributed by atoms with Crippen molar-refractivity contribution in [2.75, 3.05) is 12.3 Å². The molecule has 9 heteroatoms. The predicted octanol–water partition coefficient (Wildman–Crippen LogP) is 5.61. The zero-order chi connectivity index (χ0) is 26.7. The van der Waals surface area contributed by atoms with Gasteiger partial charge in [0.05, 0.1) is 12.1 Å². The maximum absolute atomic E-state index is 13.7. The highest BCUT2D eigenvalue weighted by molar-refractivity contribution is 6.30. The molecule has 3 rings (SSSR count). The standard InChI is InChI=1S/C21H24FN3O4.C6H5Cl/c1-2-12(9-18(23)16-10-15(26)11-17(22)20(16)24)13-3-5-14(6-4-13)21(29)25-8-7-19(27)28;7-6-4-2-1-3-5-6/h3-6,10-12,23,26H,2,7-9,24H2,1H3,(H,25,29)(H,27,28);1-5H. The fourth-order valence-electron chi connectivity index (χ4n) is 3.41. The zero-order valence-corrected chi connectivity index (χ0v) is 20.6. The summed E-state index contributed by atoms with van der Waals surface area (Å²) in [6, 6.07) is 18.5. The van der Waals surface area contributed by atoms with Gasteiger partial charge in [-0.05, 0) is 54.7 Å². The lowest BCUT2D eigenvalue weighted by molar-refractivity contribution is -0.136. The zero-order valence-electron chi connectivity index (χ0n) is 19.8. The number of hydrogen-bond donors (Lipinski definition) is 5. The van der Waals surface area contributed by atoms with Crippen LogP contribution in [0.25, 0.3) is 0 Å². The fourth-order valence-corrected chi connectivity index (χ4v) is 3.56. The summed E-state index contributed by atoms with van der Waals surface area (Å²) in [7, 11) is 0. The molecule has 0 aliphatic heterocycles. The van der Waals surface area contributed by atoms with Crippen LogP contribution in [0.2, 0.25) is 5.02 Å². The second kappa shape index (κ2) is 13.8. The van der Waals surface area contributed by atoms with E-state index in [1.54, 1.807) is 24.3 Å². The summed E-state index contributed by atoms with van der Waals surface area (Å²) in [6.07, 6.45) is 0.837. The summed E-state index contributed by atoms with van der Waals surface area (Å²) in [5.74, 6) is -2.46. The highest BCUT2D eigenvalue weighted by atomic mass is 35.5. The number of hydrogen-bond acceptors (Lipinski definition) is 5. The molecule has 0 saturated carbocycles. The van der Waals surface area contributed by atoms with Gasteiger partial charge in [-0.15, -0.1) is 0 Å². The monoisotopic (exact) mass is 513 g/mol. The number of carboxylic acid groups (broad SMARTS) is 1. The third-order valence-electron chi connectivity index (χ3n) is 5.38. The van der Waals surface area contributed by atoms with Gasteiger partial charge in [0.1, 0.15) is 11.6 Å². The number of nitrogens with one attached hydrogen (secondary N) is 2. The van der Waals surface area contributed by atoms with E-state index in [4.69, 9.17) is 27.9 Å². The maximum Gasteiger partial charge on any atom is 0.305 e. The number of carboxylic acids is 1. The first-order chi connectivity index (χ1) is 17.1. The van der Waals surface area contributed by atoms with Crippen molar-refractivity contribution < 1.29 is 24.2 Å². The van der Waals surface area contributed by atoms with E-state index in [1.807, 2.05) is 37.3 Å². The van der Waals surface area contributed by atoms with E-state index in [9.17, 15) is 19.1 Å². The van der Waals surface area contributed by atoms with Crippen molar-refractivity contribution in [2.24, 2.45) is 0 Å². The first kappa shape index (κ1) is 28.3. The highest BCUT2D eigenvalue weighted by Crippen LogP contribution is 2.29. The molecule has 1 amide bonds. The number of carbonyl (C=O) groups excluding carboxylic acids is 1. The van der Waals surface area contributed by atoms with E-state index in [1.165, 1.54) is 6.07 Å². The van der Waals surface area contributed by atoms with Crippen LogP contribution in [0.1, 0.15) is 53.6 Å². The number of anilines is 1. The SMILES string of the molecule is CCC(CC(=N)c1cc(O)cc(F)c1N)c1ccc(C(=O)NCCC(=O)O)cc1.Clc1ccccc1. The number of nitrogen functional groups attached to an aromatic ring is 1. The van der Waals surface area contributed by atoms with Crippen LogP contribution in [0, 0.1) is 11.2 Å². The van der Waals surface area contributed by atoms with Gasteiger partial charge >= 0.3 is 5.97 Å². The molecule has 0 heterocycles. The van der Waals surface area contributed by atoms with Crippen molar-refractivity contribution in [2.45, 2.75) is 32.1 Å². The molecular formula is C27H29ClFN3O4. The summed E-state index contributed by atoms with van der Waals surface area (Å²) in [5.41, 5.74) is 7.12. The van der Waals surface area contributed by atoms with Crippen LogP contribution in [0.4, 0.5) is 10.1 Å². The van der Waals surface area contributed by atoms with Gasteiger partial charge in [0.25, 0.3) is 5.91 Å². The van der Waals surface area contributed by atoms with Gasteiger partial charge in [0, 0.05) is 34.5 Å². The molecule has 7 nitrogen and oxygen atoms in total. The first-order valence-corrected chi connectivity index (χ1v) is 11.7. The van der Waals surface area contributed by atoms with Gasteiger partial charge in [-0.1, -0.05) is 48.9 Å². The molecule has 0 bridgehead atoms. The van der Waals surface area contributed by atoms with Crippen molar-refractivity contribution in [1.29, 1.82) is 5.41 Å². The molecule has 3 aromatic rings. The molecule has 0 fully saturated rings. The van der Waals surface area contributed by atoms with E-state index >= 15 is 0 Å². The molecule has 1 unspecified atom stereocenters. The van der Waals surface area contributed by atoms with Crippen LogP contribution in [0.5, 0.6) is 5.75 Å². The second-order valence-electron chi connectivity index (χ2n) is 7.99. The molecule has 1 atom stereocenters. The van der Waals surface area contributed by atoms with Crippen LogP contribution < -0.4 is 11.1 Å². The molecule has 0 aromatic heterocycles. The molecule has 36 heavy (non-hydrogen) atoms. The van der Waals surface area contributed by atoms with Gasteiger partial charge in [0.2, 0.25) is 0 Å². The second-order valence-corrected chi connectivity index (χ2v) is 8.43. The van der Waals surface area contributed by atoms with E-state index in [0.29, 0.717) is 12.0 Å². The Morgan fingerprint density at radius 2 is 1.75 bits per heavy atom. The van der Waals surface area contributed by atoms with E-state index in [0.717, 1.165) is 16.7 Å². The third kappa shape index (κ3) is 8.70. The normalized spacial score (nSPS) is 11.1. The maximum atomic E-state index is 13.7. The van der Waals surface area contributed by atoms with Gasteiger partial charge in [-0.25, -0.2) is 4.39 Å². The lowest BCUT2D eigenvalue weighted by Crippen LogP contribution is -2.25. The molecule has 0 aliphatic rings. The van der Waals surface area contributed by atoms with Gasteiger partial charge in [0.15, 0.2) is 0 Å². The number of phenols is 1. The smallest absolute Gasteiger partial charge is 0.305 e. The molecule has 0 spiro atoms. The third-order valence-corrected chi connectivity index (χ3v) is 5.64. The lowest BCUT2D eigenvalue weighted by Gasteiger charge is -2.18. The van der Waals surface area contributed by atoms with Crippen molar-refractivity contribution in [3.05, 3.63) is 94.3 Å². The lowest BCUT2D eigenvalue weighted by atomic mass is 9.88. The average Bonchev–Trinajstić information content (AvgIpc) is 2.85. The number of aliphatic carboxylic acids is 1. The Morgan fingerprint density at radius 1 is 1.11 bits per heavy atom. The number of amides is 1. The summed E-state index contributed by atoms with van der Waals surface area (Å²) in [5, 5.41) is 29.8. The highest BCUT2D eigenvalue weighted by Gasteiger charge is 2.18. The number of halogens is 2.